The Kier molecular flexibility index (Phi) is 4.60. The lowest BCUT2D eigenvalue weighted by atomic mass is 10.00. The van der Waals surface area contributed by atoms with Crippen molar-refractivity contribution in [2.24, 2.45) is 0 Å². The van der Waals surface area contributed by atoms with E-state index < -0.39 is 24.2 Å². The zero-order valence-corrected chi connectivity index (χ0v) is 26.6. The third-order valence-corrected chi connectivity index (χ3v) is 9.39. The number of benzene rings is 8. The summed E-state index contributed by atoms with van der Waals surface area (Å²) in [6.45, 7) is 0. The van der Waals surface area contributed by atoms with Crippen LogP contribution in [0.2, 0.25) is 0 Å². The van der Waals surface area contributed by atoms with E-state index >= 15 is 0 Å². The minimum atomic E-state index is -0.491. The first kappa shape index (κ1) is 20.0. The highest BCUT2D eigenvalue weighted by atomic mass is 15.0. The van der Waals surface area contributed by atoms with Crippen molar-refractivity contribution in [3.8, 4) is 44.8 Å². The van der Waals surface area contributed by atoms with E-state index in [9.17, 15) is 8.22 Å². The van der Waals surface area contributed by atoms with E-state index in [4.69, 9.17) is 5.48 Å². The highest BCUT2D eigenvalue weighted by Crippen LogP contribution is 2.43. The molecular formula is C48H32N2. The van der Waals surface area contributed by atoms with Crippen LogP contribution < -0.4 is 0 Å². The fourth-order valence-electron chi connectivity index (χ4n) is 7.12. The lowest BCUT2D eigenvalue weighted by molar-refractivity contribution is 1.17. The molecule has 0 spiro atoms. The Hall–Kier alpha value is -6.64. The van der Waals surface area contributed by atoms with Gasteiger partial charge in [-0.3, -0.25) is 0 Å². The molecule has 0 aliphatic carbocycles. The fourth-order valence-corrected chi connectivity index (χ4v) is 7.12. The van der Waals surface area contributed by atoms with Gasteiger partial charge in [-0.15, -0.1) is 0 Å². The molecule has 2 heteroatoms. The molecule has 2 nitrogen and oxygen atoms in total. The molecule has 0 saturated heterocycles. The smallest absolute Gasteiger partial charge is 0.0646 e. The Labute approximate surface area is 304 Å². The van der Waals surface area contributed by atoms with Gasteiger partial charge in [-0.1, -0.05) is 145 Å². The van der Waals surface area contributed by atoms with Crippen LogP contribution in [0.5, 0.6) is 0 Å². The molecule has 0 unspecified atom stereocenters. The van der Waals surface area contributed by atoms with Gasteiger partial charge in [-0.2, -0.15) is 0 Å². The van der Waals surface area contributed by atoms with Crippen molar-refractivity contribution < 1.29 is 13.7 Å². The molecule has 2 heterocycles. The molecule has 0 fully saturated rings. The maximum absolute atomic E-state index is 9.76. The number of fused-ring (bicyclic) bond motifs is 7. The third kappa shape index (κ3) is 4.50. The van der Waals surface area contributed by atoms with Crippen LogP contribution in [0.1, 0.15) is 13.7 Å². The van der Waals surface area contributed by atoms with E-state index in [-0.39, 0.29) is 79.9 Å². The van der Waals surface area contributed by atoms with Gasteiger partial charge in [0.05, 0.1) is 35.8 Å². The summed E-state index contributed by atoms with van der Waals surface area (Å²) in [5, 5.41) is 0.549. The molecular weight excluding hydrogens is 605 g/mol. The van der Waals surface area contributed by atoms with Crippen LogP contribution in [0.3, 0.4) is 0 Å². The van der Waals surface area contributed by atoms with E-state index in [1.807, 2.05) is 121 Å². The molecule has 10 rings (SSSR count). The summed E-state index contributed by atoms with van der Waals surface area (Å²) in [4.78, 5) is 0. The first-order valence-corrected chi connectivity index (χ1v) is 16.4. The van der Waals surface area contributed by atoms with Crippen molar-refractivity contribution in [2.45, 2.75) is 0 Å². The number of aromatic nitrogens is 2. The first-order valence-electron chi connectivity index (χ1n) is 21.4. The summed E-state index contributed by atoms with van der Waals surface area (Å²) in [6, 6.07) is 38.7. The molecule has 0 radical (unpaired) electrons. The third-order valence-electron chi connectivity index (χ3n) is 9.39. The van der Waals surface area contributed by atoms with Crippen LogP contribution in [0.4, 0.5) is 0 Å². The Morgan fingerprint density at radius 3 is 1.18 bits per heavy atom. The quantitative estimate of drug-likeness (QED) is 0.176. The number of hydrogen-bond acceptors (Lipinski definition) is 0. The van der Waals surface area contributed by atoms with Crippen LogP contribution in [0.15, 0.2) is 194 Å². The van der Waals surface area contributed by atoms with E-state index in [0.29, 0.717) is 11.4 Å². The van der Waals surface area contributed by atoms with Gasteiger partial charge in [0.25, 0.3) is 0 Å². The SMILES string of the molecule is [2H]c1c([2H])c([2H])c2c(c1[2H])c1c3c4c([2H])c([2H])c([2H])c([2H])c4n(-c4cccc(-c5ccc(-c6ccccc6)cc5)c4)c3c([2H])c([2H])c1n2-c1cccc(-c2ccccc2)c1. The largest absolute Gasteiger partial charge is 0.309 e. The average molecular weight is 647 g/mol. The van der Waals surface area contributed by atoms with Crippen LogP contribution in [0, 0.1) is 0 Å². The number of hydrogen-bond donors (Lipinski definition) is 0. The predicted octanol–water partition coefficient (Wildman–Crippen LogP) is 12.9. The Balaban J connectivity index is 1.35. The van der Waals surface area contributed by atoms with Crippen LogP contribution in [-0.4, -0.2) is 9.13 Å². The Bertz CT molecular complexity index is 3410. The summed E-state index contributed by atoms with van der Waals surface area (Å²) in [6.07, 6.45) is 0. The standard InChI is InChI=1S/C48H32N2/c1-3-13-33(14-4-1)35-25-27-36(28-26-35)38-18-12-20-40(32-38)50-44-24-10-8-22-42(44)48-46(50)30-29-45-47(48)41-21-7-9-23-43(41)49(45)39-19-11-17-37(31-39)34-15-5-2-6-16-34/h1-32H/i7D,8D,9D,10D,21D,22D,23D,24D,29D,30D. The van der Waals surface area contributed by atoms with Gasteiger partial charge < -0.3 is 9.13 Å². The maximum atomic E-state index is 9.76. The molecule has 0 aliphatic heterocycles. The molecule has 0 bridgehead atoms. The highest BCUT2D eigenvalue weighted by molar-refractivity contribution is 6.28. The zero-order valence-electron chi connectivity index (χ0n) is 36.6. The van der Waals surface area contributed by atoms with E-state index in [2.05, 4.69) is 0 Å². The van der Waals surface area contributed by atoms with Crippen molar-refractivity contribution in [3.05, 3.63) is 194 Å². The van der Waals surface area contributed by atoms with Gasteiger partial charge in [0, 0.05) is 32.9 Å². The molecule has 0 amide bonds. The van der Waals surface area contributed by atoms with E-state index in [1.165, 1.54) is 0 Å². The Morgan fingerprint density at radius 1 is 0.320 bits per heavy atom. The normalized spacial score (nSPS) is 14.4. The van der Waals surface area contributed by atoms with Crippen molar-refractivity contribution in [1.82, 2.24) is 9.13 Å². The summed E-state index contributed by atoms with van der Waals surface area (Å²) in [5.41, 5.74) is 6.95. The predicted molar refractivity (Wildman–Crippen MR) is 211 cm³/mol. The van der Waals surface area contributed by atoms with Crippen molar-refractivity contribution >= 4 is 43.6 Å². The minimum Gasteiger partial charge on any atom is -0.309 e. The zero-order chi connectivity index (χ0) is 41.7. The van der Waals surface area contributed by atoms with Crippen LogP contribution >= 0.6 is 0 Å². The molecule has 0 N–H and O–H groups in total. The summed E-state index contributed by atoms with van der Waals surface area (Å²) in [7, 11) is 0. The molecule has 234 valence electrons. The molecule has 50 heavy (non-hydrogen) atoms. The molecule has 0 aliphatic rings. The second kappa shape index (κ2) is 11.5. The summed E-state index contributed by atoms with van der Waals surface area (Å²) in [5.74, 6) is 0. The second-order valence-electron chi connectivity index (χ2n) is 12.2. The lowest BCUT2D eigenvalue weighted by Crippen LogP contribution is -1.95. The fraction of sp³-hybridized carbons (Fsp3) is 0. The lowest BCUT2D eigenvalue weighted by Gasteiger charge is -2.12. The molecule has 10 aromatic rings. The Morgan fingerprint density at radius 2 is 0.700 bits per heavy atom. The van der Waals surface area contributed by atoms with Gasteiger partial charge in [0.1, 0.15) is 0 Å². The van der Waals surface area contributed by atoms with Crippen molar-refractivity contribution in [2.75, 3.05) is 0 Å². The van der Waals surface area contributed by atoms with Gasteiger partial charge in [0.15, 0.2) is 0 Å². The number of nitrogens with zero attached hydrogens (tertiary/aromatic N) is 2. The van der Waals surface area contributed by atoms with Crippen LogP contribution in [-0.2, 0) is 0 Å². The van der Waals surface area contributed by atoms with E-state index in [0.717, 1.165) is 33.4 Å². The van der Waals surface area contributed by atoms with Gasteiger partial charge in [-0.05, 0) is 81.8 Å². The second-order valence-corrected chi connectivity index (χ2v) is 12.2. The minimum absolute atomic E-state index is 0.0802. The molecule has 0 atom stereocenters. The maximum Gasteiger partial charge on any atom is 0.0646 e. The number of rotatable bonds is 5. The van der Waals surface area contributed by atoms with Crippen LogP contribution in [0.25, 0.3) is 88.4 Å². The van der Waals surface area contributed by atoms with Crippen molar-refractivity contribution in [1.29, 1.82) is 0 Å². The average Bonchev–Trinajstić information content (AvgIpc) is 3.84. The van der Waals surface area contributed by atoms with E-state index in [1.54, 1.807) is 21.3 Å². The monoisotopic (exact) mass is 646 g/mol. The van der Waals surface area contributed by atoms with Crippen molar-refractivity contribution in [3.63, 3.8) is 0 Å². The molecule has 2 aromatic heterocycles. The molecule has 8 aromatic carbocycles. The van der Waals surface area contributed by atoms with Gasteiger partial charge in [-0.25, -0.2) is 0 Å². The molecule has 0 saturated carbocycles. The highest BCUT2D eigenvalue weighted by Gasteiger charge is 2.20. The summed E-state index contributed by atoms with van der Waals surface area (Å²) < 4.78 is 95.1. The topological polar surface area (TPSA) is 9.86 Å². The van der Waals surface area contributed by atoms with Gasteiger partial charge in [0.2, 0.25) is 0 Å². The first-order chi connectivity index (χ1) is 29.0. The summed E-state index contributed by atoms with van der Waals surface area (Å²) >= 11 is 0. The van der Waals surface area contributed by atoms with Gasteiger partial charge >= 0.3 is 0 Å². The number of para-hydroxylation sites is 2.